The fourth-order valence-corrected chi connectivity index (χ4v) is 1.74. The Balaban J connectivity index is 2.18. The summed E-state index contributed by atoms with van der Waals surface area (Å²) in [5, 5.41) is 0. The molecule has 1 aromatic heterocycles. The molecule has 2 aromatic rings. The lowest BCUT2D eigenvalue weighted by molar-refractivity contribution is -0.137. The first kappa shape index (κ1) is 14.1. The summed E-state index contributed by atoms with van der Waals surface area (Å²) in [7, 11) is 1.69. The van der Waals surface area contributed by atoms with Crippen molar-refractivity contribution in [2.24, 2.45) is 0 Å². The van der Waals surface area contributed by atoms with Crippen LogP contribution >= 0.6 is 0 Å². The Hall–Kier alpha value is -2.31. The summed E-state index contributed by atoms with van der Waals surface area (Å²) < 4.78 is 37.9. The van der Waals surface area contributed by atoms with Gasteiger partial charge in [-0.05, 0) is 23.8 Å². The van der Waals surface area contributed by atoms with E-state index in [0.29, 0.717) is 17.3 Å². The molecule has 4 nitrogen and oxygen atoms in total. The molecule has 0 spiro atoms. The monoisotopic (exact) mass is 282 g/mol. The van der Waals surface area contributed by atoms with Crippen LogP contribution in [-0.4, -0.2) is 17.0 Å². The molecule has 0 saturated heterocycles. The van der Waals surface area contributed by atoms with E-state index in [1.807, 2.05) is 0 Å². The maximum atomic E-state index is 12.6. The second-order valence-corrected chi connectivity index (χ2v) is 4.34. The van der Waals surface area contributed by atoms with Crippen LogP contribution in [0.4, 0.5) is 24.9 Å². The number of halogens is 3. The third-order valence-corrected chi connectivity index (χ3v) is 2.68. The Morgan fingerprint density at radius 3 is 2.65 bits per heavy atom. The van der Waals surface area contributed by atoms with E-state index < -0.39 is 11.7 Å². The minimum Gasteiger partial charge on any atom is -0.384 e. The highest BCUT2D eigenvalue weighted by Crippen LogP contribution is 2.29. The van der Waals surface area contributed by atoms with Gasteiger partial charge in [-0.1, -0.05) is 12.1 Å². The maximum absolute atomic E-state index is 12.6. The number of nitrogen functional groups attached to an aromatic ring is 1. The minimum atomic E-state index is -4.34. The highest BCUT2D eigenvalue weighted by molar-refractivity contribution is 5.38. The molecule has 2 N–H and O–H groups in total. The van der Waals surface area contributed by atoms with E-state index in [9.17, 15) is 13.2 Å². The lowest BCUT2D eigenvalue weighted by atomic mass is 10.1. The van der Waals surface area contributed by atoms with Crippen LogP contribution in [-0.2, 0) is 12.7 Å². The Morgan fingerprint density at radius 1 is 1.25 bits per heavy atom. The van der Waals surface area contributed by atoms with Gasteiger partial charge in [0.1, 0.15) is 5.82 Å². The topological polar surface area (TPSA) is 55.0 Å². The van der Waals surface area contributed by atoms with Crippen molar-refractivity contribution >= 4 is 11.8 Å². The van der Waals surface area contributed by atoms with Gasteiger partial charge in [0.15, 0.2) is 0 Å². The van der Waals surface area contributed by atoms with Crippen LogP contribution in [0.3, 0.4) is 0 Å². The standard InChI is InChI=1S/C13H13F3N4/c1-20(12-18-6-5-11(17)19-12)8-9-3-2-4-10(7-9)13(14,15)16/h2-7H,8H2,1H3,(H2,17,18,19). The third kappa shape index (κ3) is 3.37. The van der Waals surface area contributed by atoms with Gasteiger partial charge in [0.25, 0.3) is 0 Å². The number of hydrogen-bond donors (Lipinski definition) is 1. The molecule has 1 aromatic carbocycles. The van der Waals surface area contributed by atoms with Crippen molar-refractivity contribution in [1.82, 2.24) is 9.97 Å². The summed E-state index contributed by atoms with van der Waals surface area (Å²) in [5.41, 5.74) is 5.40. The first-order valence-electron chi connectivity index (χ1n) is 5.82. The van der Waals surface area contributed by atoms with Crippen LogP contribution in [0.15, 0.2) is 36.5 Å². The van der Waals surface area contributed by atoms with Crippen LogP contribution in [0.25, 0.3) is 0 Å². The molecule has 7 heteroatoms. The molecule has 0 saturated carbocycles. The zero-order chi connectivity index (χ0) is 14.8. The van der Waals surface area contributed by atoms with Gasteiger partial charge >= 0.3 is 6.18 Å². The predicted molar refractivity (Wildman–Crippen MR) is 70.0 cm³/mol. The second kappa shape index (κ2) is 5.36. The lowest BCUT2D eigenvalue weighted by Gasteiger charge is -2.18. The van der Waals surface area contributed by atoms with Crippen molar-refractivity contribution in [2.45, 2.75) is 12.7 Å². The number of nitrogens with zero attached hydrogens (tertiary/aromatic N) is 3. The molecule has 0 aliphatic carbocycles. The largest absolute Gasteiger partial charge is 0.416 e. The van der Waals surface area contributed by atoms with E-state index in [4.69, 9.17) is 5.73 Å². The van der Waals surface area contributed by atoms with Gasteiger partial charge in [-0.2, -0.15) is 18.2 Å². The van der Waals surface area contributed by atoms with Crippen molar-refractivity contribution < 1.29 is 13.2 Å². The molecule has 0 amide bonds. The molecule has 0 aliphatic heterocycles. The van der Waals surface area contributed by atoms with Crippen molar-refractivity contribution in [3.63, 3.8) is 0 Å². The minimum absolute atomic E-state index is 0.257. The lowest BCUT2D eigenvalue weighted by Crippen LogP contribution is -2.19. The molecule has 0 aliphatic rings. The number of nitrogens with two attached hydrogens (primary N) is 1. The highest BCUT2D eigenvalue weighted by Gasteiger charge is 2.30. The van der Waals surface area contributed by atoms with Gasteiger partial charge in [-0.25, -0.2) is 4.98 Å². The van der Waals surface area contributed by atoms with Gasteiger partial charge in [0.2, 0.25) is 5.95 Å². The molecule has 0 radical (unpaired) electrons. The van der Waals surface area contributed by atoms with Gasteiger partial charge in [-0.3, -0.25) is 0 Å². The van der Waals surface area contributed by atoms with Crippen LogP contribution in [0.1, 0.15) is 11.1 Å². The first-order chi connectivity index (χ1) is 9.36. The summed E-state index contributed by atoms with van der Waals surface area (Å²) in [5.74, 6) is 0.674. The van der Waals surface area contributed by atoms with Crippen molar-refractivity contribution in [2.75, 3.05) is 17.7 Å². The van der Waals surface area contributed by atoms with Crippen LogP contribution in [0.5, 0.6) is 0 Å². The number of aromatic nitrogens is 2. The summed E-state index contributed by atoms with van der Waals surface area (Å²) in [6.45, 7) is 0.257. The number of hydrogen-bond acceptors (Lipinski definition) is 4. The molecule has 2 rings (SSSR count). The molecule has 0 unspecified atom stereocenters. The second-order valence-electron chi connectivity index (χ2n) is 4.34. The third-order valence-electron chi connectivity index (χ3n) is 2.68. The van der Waals surface area contributed by atoms with Gasteiger partial charge in [0.05, 0.1) is 5.56 Å². The van der Waals surface area contributed by atoms with E-state index in [1.165, 1.54) is 12.3 Å². The number of anilines is 2. The molecule has 0 bridgehead atoms. The quantitative estimate of drug-likeness (QED) is 0.940. The zero-order valence-corrected chi connectivity index (χ0v) is 10.7. The molecule has 1 heterocycles. The van der Waals surface area contributed by atoms with Crippen molar-refractivity contribution in [1.29, 1.82) is 0 Å². The normalized spacial score (nSPS) is 11.4. The van der Waals surface area contributed by atoms with Crippen LogP contribution in [0, 0.1) is 0 Å². The summed E-state index contributed by atoms with van der Waals surface area (Å²) in [6, 6.07) is 6.70. The van der Waals surface area contributed by atoms with Crippen LogP contribution < -0.4 is 10.6 Å². The molecule has 0 atom stereocenters. The van der Waals surface area contributed by atoms with Crippen molar-refractivity contribution in [3.8, 4) is 0 Å². The highest BCUT2D eigenvalue weighted by atomic mass is 19.4. The number of alkyl halides is 3. The van der Waals surface area contributed by atoms with Crippen LogP contribution in [0.2, 0.25) is 0 Å². The van der Waals surface area contributed by atoms with E-state index in [-0.39, 0.29) is 6.54 Å². The molecular formula is C13H13F3N4. The molecule has 0 fully saturated rings. The Kier molecular flexibility index (Phi) is 3.78. The Morgan fingerprint density at radius 2 is 2.00 bits per heavy atom. The Bertz CT molecular complexity index is 598. The fourth-order valence-electron chi connectivity index (χ4n) is 1.74. The molecule has 106 valence electrons. The van der Waals surface area contributed by atoms with E-state index >= 15 is 0 Å². The Labute approximate surface area is 114 Å². The summed E-state index contributed by atoms with van der Waals surface area (Å²) in [6.07, 6.45) is -2.84. The first-order valence-corrected chi connectivity index (χ1v) is 5.82. The smallest absolute Gasteiger partial charge is 0.384 e. The molecule has 20 heavy (non-hydrogen) atoms. The number of rotatable bonds is 3. The average Bonchev–Trinajstić information content (AvgIpc) is 2.38. The van der Waals surface area contributed by atoms with E-state index in [1.54, 1.807) is 24.1 Å². The van der Waals surface area contributed by atoms with E-state index in [2.05, 4.69) is 9.97 Å². The summed E-state index contributed by atoms with van der Waals surface area (Å²) >= 11 is 0. The predicted octanol–water partition coefficient (Wildman–Crippen LogP) is 2.71. The van der Waals surface area contributed by atoms with Gasteiger partial charge < -0.3 is 10.6 Å². The zero-order valence-electron chi connectivity index (χ0n) is 10.7. The maximum Gasteiger partial charge on any atom is 0.416 e. The van der Waals surface area contributed by atoms with Crippen molar-refractivity contribution in [3.05, 3.63) is 47.7 Å². The summed E-state index contributed by atoms with van der Waals surface area (Å²) in [4.78, 5) is 9.66. The van der Waals surface area contributed by atoms with Gasteiger partial charge in [-0.15, -0.1) is 0 Å². The number of benzene rings is 1. The van der Waals surface area contributed by atoms with Gasteiger partial charge in [0, 0.05) is 19.8 Å². The average molecular weight is 282 g/mol. The fraction of sp³-hybridized carbons (Fsp3) is 0.231. The molecular weight excluding hydrogens is 269 g/mol. The SMILES string of the molecule is CN(Cc1cccc(C(F)(F)F)c1)c1nccc(N)n1. The van der Waals surface area contributed by atoms with E-state index in [0.717, 1.165) is 12.1 Å².